The Morgan fingerprint density at radius 1 is 1.16 bits per heavy atom. The number of hydrogen-bond donors (Lipinski definition) is 1. The van der Waals surface area contributed by atoms with Gasteiger partial charge in [-0.25, -0.2) is 5.10 Å². The Bertz CT molecular complexity index is 699. The number of pyridine rings is 1. The Morgan fingerprint density at radius 2 is 2.00 bits per heavy atom. The SMILES string of the molecule is O=c1[nH]nc(C2=CCCC=C2)cc1-c1ccncc1. The van der Waals surface area contributed by atoms with Crippen LogP contribution in [0.5, 0.6) is 0 Å². The van der Waals surface area contributed by atoms with Crippen molar-refractivity contribution in [2.24, 2.45) is 0 Å². The minimum atomic E-state index is -0.185. The number of H-pyrrole nitrogens is 1. The van der Waals surface area contributed by atoms with Gasteiger partial charge in [0.2, 0.25) is 0 Å². The van der Waals surface area contributed by atoms with E-state index in [2.05, 4.69) is 27.3 Å². The molecule has 4 heteroatoms. The van der Waals surface area contributed by atoms with Crippen molar-refractivity contribution in [3.8, 4) is 11.1 Å². The van der Waals surface area contributed by atoms with Crippen LogP contribution in [0.4, 0.5) is 0 Å². The van der Waals surface area contributed by atoms with Crippen molar-refractivity contribution in [1.29, 1.82) is 0 Å². The van der Waals surface area contributed by atoms with E-state index in [0.29, 0.717) is 5.56 Å². The van der Waals surface area contributed by atoms with Gasteiger partial charge in [0.1, 0.15) is 0 Å². The molecule has 2 heterocycles. The van der Waals surface area contributed by atoms with Gasteiger partial charge < -0.3 is 0 Å². The summed E-state index contributed by atoms with van der Waals surface area (Å²) >= 11 is 0. The van der Waals surface area contributed by atoms with E-state index in [9.17, 15) is 4.79 Å². The predicted molar refractivity (Wildman–Crippen MR) is 74.4 cm³/mol. The van der Waals surface area contributed by atoms with E-state index in [1.807, 2.05) is 24.3 Å². The van der Waals surface area contributed by atoms with Gasteiger partial charge in [0, 0.05) is 12.4 Å². The topological polar surface area (TPSA) is 58.6 Å². The molecule has 0 aromatic carbocycles. The summed E-state index contributed by atoms with van der Waals surface area (Å²) in [6, 6.07) is 5.47. The van der Waals surface area contributed by atoms with Gasteiger partial charge >= 0.3 is 0 Å². The van der Waals surface area contributed by atoms with Crippen molar-refractivity contribution in [1.82, 2.24) is 15.2 Å². The number of rotatable bonds is 2. The summed E-state index contributed by atoms with van der Waals surface area (Å²) in [6.45, 7) is 0. The van der Waals surface area contributed by atoms with Gasteiger partial charge in [-0.3, -0.25) is 9.78 Å². The minimum Gasteiger partial charge on any atom is -0.267 e. The molecule has 1 aliphatic rings. The van der Waals surface area contributed by atoms with E-state index < -0.39 is 0 Å². The Kier molecular flexibility index (Phi) is 3.06. The average Bonchev–Trinajstić information content (AvgIpc) is 2.49. The number of nitrogens with one attached hydrogen (secondary N) is 1. The molecule has 0 spiro atoms. The van der Waals surface area contributed by atoms with Gasteiger partial charge in [-0.1, -0.05) is 18.2 Å². The molecular weight excluding hydrogens is 238 g/mol. The molecule has 0 saturated heterocycles. The second-order valence-corrected chi connectivity index (χ2v) is 4.37. The van der Waals surface area contributed by atoms with Crippen molar-refractivity contribution in [2.75, 3.05) is 0 Å². The lowest BCUT2D eigenvalue weighted by molar-refractivity contribution is 0.967. The van der Waals surface area contributed by atoms with Crippen LogP contribution in [0.3, 0.4) is 0 Å². The zero-order valence-electron chi connectivity index (χ0n) is 10.3. The molecule has 0 saturated carbocycles. The molecule has 1 N–H and O–H groups in total. The lowest BCUT2D eigenvalue weighted by atomic mass is 10.0. The first kappa shape index (κ1) is 11.6. The van der Waals surface area contributed by atoms with Crippen LogP contribution in [0.25, 0.3) is 16.7 Å². The molecule has 0 bridgehead atoms. The molecule has 0 atom stereocenters. The minimum absolute atomic E-state index is 0.185. The second kappa shape index (κ2) is 5.02. The van der Waals surface area contributed by atoms with Crippen LogP contribution in [0.2, 0.25) is 0 Å². The first-order valence-corrected chi connectivity index (χ1v) is 6.22. The van der Waals surface area contributed by atoms with E-state index in [0.717, 1.165) is 29.7 Å². The molecule has 19 heavy (non-hydrogen) atoms. The van der Waals surface area contributed by atoms with Gasteiger partial charge in [-0.15, -0.1) is 0 Å². The van der Waals surface area contributed by atoms with Crippen molar-refractivity contribution in [3.05, 3.63) is 64.9 Å². The van der Waals surface area contributed by atoms with Crippen molar-refractivity contribution in [3.63, 3.8) is 0 Å². The average molecular weight is 251 g/mol. The van der Waals surface area contributed by atoms with Crippen LogP contribution in [-0.2, 0) is 0 Å². The summed E-state index contributed by atoms with van der Waals surface area (Å²) in [7, 11) is 0. The third-order valence-electron chi connectivity index (χ3n) is 3.09. The number of allylic oxidation sites excluding steroid dienone is 4. The van der Waals surface area contributed by atoms with Crippen LogP contribution < -0.4 is 5.56 Å². The summed E-state index contributed by atoms with van der Waals surface area (Å²) in [5.74, 6) is 0. The van der Waals surface area contributed by atoms with Crippen LogP contribution in [-0.4, -0.2) is 15.2 Å². The fraction of sp³-hybridized carbons (Fsp3) is 0.133. The lowest BCUT2D eigenvalue weighted by Crippen LogP contribution is -2.12. The molecule has 0 fully saturated rings. The zero-order chi connectivity index (χ0) is 13.1. The largest absolute Gasteiger partial charge is 0.272 e. The molecule has 0 radical (unpaired) electrons. The first-order chi connectivity index (χ1) is 9.34. The summed E-state index contributed by atoms with van der Waals surface area (Å²) < 4.78 is 0. The molecule has 2 aromatic heterocycles. The van der Waals surface area contributed by atoms with Crippen molar-refractivity contribution >= 4 is 5.57 Å². The molecule has 0 amide bonds. The van der Waals surface area contributed by atoms with Crippen molar-refractivity contribution in [2.45, 2.75) is 12.8 Å². The summed E-state index contributed by atoms with van der Waals surface area (Å²) in [6.07, 6.45) is 11.7. The Labute approximate surface area is 110 Å². The Morgan fingerprint density at radius 3 is 2.74 bits per heavy atom. The van der Waals surface area contributed by atoms with Crippen LogP contribution in [0.15, 0.2) is 53.6 Å². The third kappa shape index (κ3) is 2.38. The van der Waals surface area contributed by atoms with Crippen LogP contribution >= 0.6 is 0 Å². The lowest BCUT2D eigenvalue weighted by Gasteiger charge is -2.07. The fourth-order valence-corrected chi connectivity index (χ4v) is 2.10. The van der Waals surface area contributed by atoms with E-state index in [1.165, 1.54) is 0 Å². The zero-order valence-corrected chi connectivity index (χ0v) is 10.3. The van der Waals surface area contributed by atoms with E-state index in [4.69, 9.17) is 0 Å². The van der Waals surface area contributed by atoms with Gasteiger partial charge in [0.25, 0.3) is 5.56 Å². The highest BCUT2D eigenvalue weighted by Crippen LogP contribution is 2.22. The standard InChI is InChI=1S/C15H13N3O/c19-15-13(11-6-8-16-9-7-11)10-14(17-18-15)12-4-2-1-3-5-12/h2,4-10H,1,3H2,(H,18,19). The smallest absolute Gasteiger partial charge is 0.267 e. The second-order valence-electron chi connectivity index (χ2n) is 4.37. The summed E-state index contributed by atoms with van der Waals surface area (Å²) in [5.41, 5.74) is 3.13. The highest BCUT2D eigenvalue weighted by atomic mass is 16.1. The van der Waals surface area contributed by atoms with Crippen LogP contribution in [0, 0.1) is 0 Å². The summed E-state index contributed by atoms with van der Waals surface area (Å²) in [4.78, 5) is 15.8. The van der Waals surface area contributed by atoms with E-state index >= 15 is 0 Å². The molecule has 0 unspecified atom stereocenters. The maximum Gasteiger partial charge on any atom is 0.272 e. The quantitative estimate of drug-likeness (QED) is 0.892. The van der Waals surface area contributed by atoms with Gasteiger partial charge in [-0.2, -0.15) is 5.10 Å². The van der Waals surface area contributed by atoms with Gasteiger partial charge in [-0.05, 0) is 42.2 Å². The number of nitrogens with zero attached hydrogens (tertiary/aromatic N) is 2. The predicted octanol–water partition coefficient (Wildman–Crippen LogP) is 2.57. The van der Waals surface area contributed by atoms with Crippen molar-refractivity contribution < 1.29 is 0 Å². The number of aromatic nitrogens is 3. The molecule has 3 rings (SSSR count). The number of aromatic amines is 1. The highest BCUT2D eigenvalue weighted by molar-refractivity contribution is 5.75. The first-order valence-electron chi connectivity index (χ1n) is 6.22. The van der Waals surface area contributed by atoms with E-state index in [-0.39, 0.29) is 5.56 Å². The van der Waals surface area contributed by atoms with Gasteiger partial charge in [0.05, 0.1) is 11.3 Å². The maximum absolute atomic E-state index is 11.9. The van der Waals surface area contributed by atoms with Crippen LogP contribution in [0.1, 0.15) is 18.5 Å². The normalized spacial score (nSPS) is 14.2. The summed E-state index contributed by atoms with van der Waals surface area (Å²) in [5, 5.41) is 6.68. The Balaban J connectivity index is 2.09. The molecule has 94 valence electrons. The Hall–Kier alpha value is -2.49. The molecule has 2 aromatic rings. The van der Waals surface area contributed by atoms with Gasteiger partial charge in [0.15, 0.2) is 0 Å². The highest BCUT2D eigenvalue weighted by Gasteiger charge is 2.08. The fourth-order valence-electron chi connectivity index (χ4n) is 2.10. The number of hydrogen-bond acceptors (Lipinski definition) is 3. The molecule has 4 nitrogen and oxygen atoms in total. The van der Waals surface area contributed by atoms with E-state index in [1.54, 1.807) is 12.4 Å². The molecule has 0 aliphatic heterocycles. The molecular formula is C15H13N3O. The molecule has 1 aliphatic carbocycles. The third-order valence-corrected chi connectivity index (χ3v) is 3.09. The monoisotopic (exact) mass is 251 g/mol. The maximum atomic E-state index is 11.9.